The minimum absolute atomic E-state index is 0.0526. The Morgan fingerprint density at radius 3 is 2.40 bits per heavy atom. The molecule has 4 nitrogen and oxygen atoms in total. The first-order valence-corrected chi connectivity index (χ1v) is 8.04. The van der Waals surface area contributed by atoms with E-state index >= 15 is 0 Å². The second kappa shape index (κ2) is 6.89. The zero-order valence-corrected chi connectivity index (χ0v) is 13.8. The predicted molar refractivity (Wildman–Crippen MR) is 91.3 cm³/mol. The number of hydrogen-bond acceptors (Lipinski definition) is 3. The second-order valence-corrected chi connectivity index (χ2v) is 5.98. The molecule has 0 fully saturated rings. The van der Waals surface area contributed by atoms with Crippen LogP contribution in [-0.2, 0) is 16.0 Å². The van der Waals surface area contributed by atoms with E-state index in [1.54, 1.807) is 12.1 Å². The Kier molecular flexibility index (Phi) is 4.65. The first kappa shape index (κ1) is 16.9. The highest BCUT2D eigenvalue weighted by atomic mass is 19.1. The Bertz CT molecular complexity index is 845. The maximum Gasteiger partial charge on any atom is 0.290 e. The molecule has 0 radical (unpaired) electrons. The molecule has 1 aliphatic rings. The lowest BCUT2D eigenvalue weighted by Crippen LogP contribution is -2.33. The zero-order chi connectivity index (χ0) is 18.0. The van der Waals surface area contributed by atoms with Crippen LogP contribution in [0.25, 0.3) is 0 Å². The Balaban J connectivity index is 1.97. The molecule has 0 aliphatic carbocycles. The molecule has 5 heteroatoms. The summed E-state index contributed by atoms with van der Waals surface area (Å²) in [5.41, 5.74) is 1.17. The molecule has 0 spiro atoms. The molecule has 1 heterocycles. The molecule has 2 aromatic carbocycles. The summed E-state index contributed by atoms with van der Waals surface area (Å²) in [7, 11) is 0. The van der Waals surface area contributed by atoms with Crippen molar-refractivity contribution in [3.63, 3.8) is 0 Å². The summed E-state index contributed by atoms with van der Waals surface area (Å²) in [6.07, 6.45) is 0.538. The minimum Gasteiger partial charge on any atom is -0.503 e. The third kappa shape index (κ3) is 3.18. The smallest absolute Gasteiger partial charge is 0.290 e. The van der Waals surface area contributed by atoms with Gasteiger partial charge in [-0.1, -0.05) is 48.5 Å². The molecule has 2 aromatic rings. The number of carbonyl (C=O) groups excluding carboxylic acids is 2. The van der Waals surface area contributed by atoms with Gasteiger partial charge in [-0.15, -0.1) is 0 Å². The topological polar surface area (TPSA) is 57.6 Å². The van der Waals surface area contributed by atoms with Crippen molar-refractivity contribution in [2.24, 2.45) is 0 Å². The van der Waals surface area contributed by atoms with E-state index in [-0.39, 0.29) is 17.7 Å². The Hall–Kier alpha value is -2.95. The summed E-state index contributed by atoms with van der Waals surface area (Å²) < 4.78 is 14.3. The number of aliphatic hydroxyl groups is 1. The van der Waals surface area contributed by atoms with E-state index in [0.717, 1.165) is 5.56 Å². The van der Waals surface area contributed by atoms with Gasteiger partial charge in [0.1, 0.15) is 5.82 Å². The van der Waals surface area contributed by atoms with Crippen LogP contribution in [-0.4, -0.2) is 28.2 Å². The number of rotatable bonds is 5. The minimum atomic E-state index is -0.907. The second-order valence-electron chi connectivity index (χ2n) is 5.98. The normalized spacial score (nSPS) is 17.3. The van der Waals surface area contributed by atoms with Crippen molar-refractivity contribution >= 4 is 11.7 Å². The number of hydrogen-bond donors (Lipinski definition) is 1. The summed E-state index contributed by atoms with van der Waals surface area (Å²) in [5.74, 6) is -2.19. The summed E-state index contributed by atoms with van der Waals surface area (Å²) in [4.78, 5) is 25.8. The number of amides is 1. The molecule has 0 unspecified atom stereocenters. The Labute approximate surface area is 145 Å². The fraction of sp³-hybridized carbons (Fsp3) is 0.200. The van der Waals surface area contributed by atoms with E-state index in [0.29, 0.717) is 6.42 Å². The highest BCUT2D eigenvalue weighted by molar-refractivity contribution is 6.08. The van der Waals surface area contributed by atoms with Gasteiger partial charge in [0.25, 0.3) is 5.91 Å². The molecular formula is C20H18FNO3. The van der Waals surface area contributed by atoms with Crippen molar-refractivity contribution < 1.29 is 19.1 Å². The molecule has 3 rings (SSSR count). The molecule has 0 bridgehead atoms. The number of aliphatic hydroxyl groups excluding tert-OH is 1. The van der Waals surface area contributed by atoms with Gasteiger partial charge in [-0.05, 0) is 25.0 Å². The van der Waals surface area contributed by atoms with Gasteiger partial charge >= 0.3 is 0 Å². The maximum atomic E-state index is 14.3. The fourth-order valence-electron chi connectivity index (χ4n) is 3.16. The summed E-state index contributed by atoms with van der Waals surface area (Å²) in [5, 5.41) is 10.2. The SMILES string of the molecule is CC(=O)C1=C(O)C(=O)N(CCc2ccccc2)[C@@H]1c1ccccc1F. The van der Waals surface area contributed by atoms with Gasteiger partial charge in [-0.25, -0.2) is 4.39 Å². The first-order valence-electron chi connectivity index (χ1n) is 8.04. The van der Waals surface area contributed by atoms with Crippen molar-refractivity contribution in [3.05, 3.63) is 82.9 Å². The maximum absolute atomic E-state index is 14.3. The van der Waals surface area contributed by atoms with E-state index in [1.807, 2.05) is 30.3 Å². The third-order valence-electron chi connectivity index (χ3n) is 4.37. The van der Waals surface area contributed by atoms with E-state index in [1.165, 1.54) is 24.0 Å². The van der Waals surface area contributed by atoms with Crippen molar-refractivity contribution in [2.45, 2.75) is 19.4 Å². The van der Waals surface area contributed by atoms with Crippen LogP contribution in [0.4, 0.5) is 4.39 Å². The zero-order valence-electron chi connectivity index (χ0n) is 13.8. The molecule has 0 aromatic heterocycles. The van der Waals surface area contributed by atoms with Crippen LogP contribution < -0.4 is 0 Å². The van der Waals surface area contributed by atoms with Gasteiger partial charge in [0, 0.05) is 12.1 Å². The summed E-state index contributed by atoms with van der Waals surface area (Å²) >= 11 is 0. The number of benzene rings is 2. The van der Waals surface area contributed by atoms with Crippen molar-refractivity contribution in [1.82, 2.24) is 4.90 Å². The summed E-state index contributed by atoms with van der Waals surface area (Å²) in [6.45, 7) is 1.54. The number of halogens is 1. The van der Waals surface area contributed by atoms with Gasteiger partial charge in [-0.3, -0.25) is 9.59 Å². The van der Waals surface area contributed by atoms with Crippen LogP contribution in [0, 0.1) is 5.82 Å². The molecule has 1 aliphatic heterocycles. The fourth-order valence-corrected chi connectivity index (χ4v) is 3.16. The van der Waals surface area contributed by atoms with E-state index in [4.69, 9.17) is 0 Å². The molecule has 25 heavy (non-hydrogen) atoms. The molecule has 1 N–H and O–H groups in total. The highest BCUT2D eigenvalue weighted by Gasteiger charge is 2.42. The lowest BCUT2D eigenvalue weighted by Gasteiger charge is -2.27. The van der Waals surface area contributed by atoms with Gasteiger partial charge in [0.15, 0.2) is 11.5 Å². The number of carbonyl (C=O) groups is 2. The predicted octanol–water partition coefficient (Wildman–Crippen LogP) is 3.35. The molecule has 0 saturated carbocycles. The average Bonchev–Trinajstić information content (AvgIpc) is 2.85. The van der Waals surface area contributed by atoms with Crippen LogP contribution >= 0.6 is 0 Å². The third-order valence-corrected chi connectivity index (χ3v) is 4.37. The van der Waals surface area contributed by atoms with E-state index in [9.17, 15) is 19.1 Å². The van der Waals surface area contributed by atoms with Gasteiger partial charge in [0.05, 0.1) is 11.6 Å². The number of nitrogens with zero attached hydrogens (tertiary/aromatic N) is 1. The average molecular weight is 339 g/mol. The van der Waals surface area contributed by atoms with Gasteiger partial charge in [-0.2, -0.15) is 0 Å². The monoisotopic (exact) mass is 339 g/mol. The quantitative estimate of drug-likeness (QED) is 0.909. The molecule has 1 amide bonds. The van der Waals surface area contributed by atoms with Crippen LogP contribution in [0.1, 0.15) is 24.1 Å². The lowest BCUT2D eigenvalue weighted by atomic mass is 9.96. The van der Waals surface area contributed by atoms with Gasteiger partial charge in [0.2, 0.25) is 0 Å². The standard InChI is InChI=1S/C20H18FNO3/c1-13(23)17-18(15-9-5-6-10-16(15)21)22(20(25)19(17)24)12-11-14-7-3-2-4-8-14/h2-10,18,24H,11-12H2,1H3/t18-/m1/s1. The summed E-state index contributed by atoms with van der Waals surface area (Å²) in [6, 6.07) is 14.6. The van der Waals surface area contributed by atoms with Crippen molar-refractivity contribution in [3.8, 4) is 0 Å². The van der Waals surface area contributed by atoms with Crippen molar-refractivity contribution in [2.75, 3.05) is 6.54 Å². The van der Waals surface area contributed by atoms with Crippen molar-refractivity contribution in [1.29, 1.82) is 0 Å². The Morgan fingerprint density at radius 2 is 1.76 bits per heavy atom. The highest BCUT2D eigenvalue weighted by Crippen LogP contribution is 2.38. The van der Waals surface area contributed by atoms with Crippen LogP contribution in [0.5, 0.6) is 0 Å². The van der Waals surface area contributed by atoms with Crippen LogP contribution in [0.15, 0.2) is 65.9 Å². The van der Waals surface area contributed by atoms with Crippen LogP contribution in [0.2, 0.25) is 0 Å². The molecule has 1 atom stereocenters. The number of ketones is 1. The van der Waals surface area contributed by atoms with Gasteiger partial charge < -0.3 is 10.0 Å². The van der Waals surface area contributed by atoms with Crippen LogP contribution in [0.3, 0.4) is 0 Å². The lowest BCUT2D eigenvalue weighted by molar-refractivity contribution is -0.129. The molecule has 128 valence electrons. The molecule has 0 saturated heterocycles. The molecular weight excluding hydrogens is 321 g/mol. The first-order chi connectivity index (χ1) is 12.0. The van der Waals surface area contributed by atoms with E-state index in [2.05, 4.69) is 0 Å². The number of Topliss-reactive ketones (excluding diaryl/α,β-unsaturated/α-hetero) is 1. The van der Waals surface area contributed by atoms with E-state index < -0.39 is 29.3 Å². The largest absolute Gasteiger partial charge is 0.503 e. The Morgan fingerprint density at radius 1 is 1.12 bits per heavy atom.